The van der Waals surface area contributed by atoms with Crippen LogP contribution in [0.5, 0.6) is 0 Å². The first-order valence-corrected chi connectivity index (χ1v) is 15.2. The number of benzene rings is 1. The molecule has 2 aromatic heterocycles. The van der Waals surface area contributed by atoms with Crippen molar-refractivity contribution in [2.45, 2.75) is 39.8 Å². The van der Waals surface area contributed by atoms with Gasteiger partial charge in [0.2, 0.25) is 5.91 Å². The summed E-state index contributed by atoms with van der Waals surface area (Å²) in [5.41, 5.74) is 3.76. The molecule has 46 heavy (non-hydrogen) atoms. The number of nitrogens with two attached hydrogens (primary N) is 1. The molecule has 0 radical (unpaired) electrons. The number of hydrogen-bond acceptors (Lipinski definition) is 7. The summed E-state index contributed by atoms with van der Waals surface area (Å²) in [5.74, 6) is -5.36. The number of fused-ring (bicyclic) bond motifs is 1. The van der Waals surface area contributed by atoms with Crippen LogP contribution >= 0.6 is 23.2 Å². The van der Waals surface area contributed by atoms with Crippen LogP contribution < -0.4 is 16.2 Å². The molecule has 240 valence electrons. The number of nitriles is 1. The van der Waals surface area contributed by atoms with Crippen LogP contribution in [-0.2, 0) is 4.79 Å². The molecule has 5 rings (SSSR count). The van der Waals surface area contributed by atoms with Crippen LogP contribution in [0.4, 0.5) is 24.5 Å². The number of amides is 1. The van der Waals surface area contributed by atoms with Crippen LogP contribution in [0, 0.1) is 40.6 Å². The molecular formula is C32H30Cl2F3N7O2. The quantitative estimate of drug-likeness (QED) is 0.148. The van der Waals surface area contributed by atoms with Gasteiger partial charge in [0, 0.05) is 48.9 Å². The highest BCUT2D eigenvalue weighted by Crippen LogP contribution is 2.42. The van der Waals surface area contributed by atoms with E-state index in [1.807, 2.05) is 27.7 Å². The Morgan fingerprint density at radius 2 is 1.89 bits per heavy atom. The molecule has 0 bridgehead atoms. The summed E-state index contributed by atoms with van der Waals surface area (Å²) < 4.78 is 46.3. The Labute approximate surface area is 273 Å². The average Bonchev–Trinajstić information content (AvgIpc) is 3.02. The Bertz CT molecular complexity index is 1940. The van der Waals surface area contributed by atoms with Gasteiger partial charge >= 0.3 is 0 Å². The maximum atomic E-state index is 15.4. The number of hydrogen-bond donors (Lipinski definition) is 1. The zero-order valence-corrected chi connectivity index (χ0v) is 26.9. The van der Waals surface area contributed by atoms with Crippen LogP contribution in [0.1, 0.15) is 39.3 Å². The number of halogens is 5. The molecule has 1 saturated heterocycles. The van der Waals surface area contributed by atoms with Gasteiger partial charge in [-0.25, -0.2) is 18.2 Å². The minimum absolute atomic E-state index is 0.0364. The number of anilines is 2. The molecule has 1 amide bonds. The van der Waals surface area contributed by atoms with E-state index in [0.29, 0.717) is 5.71 Å². The van der Waals surface area contributed by atoms with Crippen LogP contribution in [0.25, 0.3) is 22.3 Å². The second-order valence-corrected chi connectivity index (χ2v) is 12.4. The third-order valence-corrected chi connectivity index (χ3v) is 9.07. The van der Waals surface area contributed by atoms with Crippen LogP contribution in [-0.4, -0.2) is 51.7 Å². The highest BCUT2D eigenvalue weighted by Gasteiger charge is 2.36. The van der Waals surface area contributed by atoms with E-state index < -0.39 is 51.0 Å². The van der Waals surface area contributed by atoms with Gasteiger partial charge < -0.3 is 15.5 Å². The molecule has 3 aromatic rings. The number of allylic oxidation sites excluding steroid dienone is 1. The lowest BCUT2D eigenvalue weighted by Gasteiger charge is -2.41. The summed E-state index contributed by atoms with van der Waals surface area (Å²) >= 11 is 12.3. The maximum Gasteiger partial charge on any atom is 0.272 e. The number of aliphatic imine (C=N–C) groups is 1. The van der Waals surface area contributed by atoms with Crippen LogP contribution in [0.3, 0.4) is 0 Å². The summed E-state index contributed by atoms with van der Waals surface area (Å²) in [7, 11) is 0. The van der Waals surface area contributed by atoms with Crippen molar-refractivity contribution in [2.24, 2.45) is 16.8 Å². The molecule has 14 heteroatoms. The van der Waals surface area contributed by atoms with E-state index >= 15 is 4.39 Å². The number of carbonyl (C=O) groups is 1. The van der Waals surface area contributed by atoms with E-state index in [-0.39, 0.29) is 70.7 Å². The Balaban J connectivity index is 1.89. The minimum Gasteiger partial charge on any atom is -0.396 e. The molecule has 3 atom stereocenters. The number of piperazine rings is 1. The van der Waals surface area contributed by atoms with Crippen molar-refractivity contribution < 1.29 is 18.0 Å². The van der Waals surface area contributed by atoms with Crippen LogP contribution in [0.15, 0.2) is 40.8 Å². The van der Waals surface area contributed by atoms with Crippen molar-refractivity contribution in [1.82, 2.24) is 14.5 Å². The molecule has 0 spiro atoms. The molecule has 2 unspecified atom stereocenters. The fraction of sp³-hybridized carbons (Fsp3) is 0.344. The molecule has 4 heterocycles. The number of nitrogen functional groups attached to an aromatic ring is 1. The molecule has 9 nitrogen and oxygen atoms in total. The number of rotatable bonds is 5. The molecule has 0 aliphatic carbocycles. The second kappa shape index (κ2) is 12.5. The topological polar surface area (TPSA) is 121 Å². The smallest absolute Gasteiger partial charge is 0.272 e. The van der Waals surface area contributed by atoms with Crippen molar-refractivity contribution in [2.75, 3.05) is 30.3 Å². The summed E-state index contributed by atoms with van der Waals surface area (Å²) in [5, 5.41) is 9.30. The van der Waals surface area contributed by atoms with Gasteiger partial charge in [0.1, 0.15) is 22.3 Å². The predicted octanol–water partition coefficient (Wildman–Crippen LogP) is 6.27. The largest absolute Gasteiger partial charge is 0.396 e. The molecule has 2 N–H and O–H groups in total. The Hall–Kier alpha value is -4.34. The number of carbonyl (C=O) groups excluding carboxylic acids is 1. The van der Waals surface area contributed by atoms with Crippen molar-refractivity contribution in [3.63, 3.8) is 0 Å². The first-order chi connectivity index (χ1) is 21.7. The number of pyridine rings is 2. The van der Waals surface area contributed by atoms with Gasteiger partial charge in [-0.2, -0.15) is 5.26 Å². The minimum atomic E-state index is -1.68. The van der Waals surface area contributed by atoms with Gasteiger partial charge in [-0.3, -0.25) is 19.1 Å². The fourth-order valence-electron chi connectivity index (χ4n) is 6.21. The first kappa shape index (κ1) is 33.0. The third kappa shape index (κ3) is 5.21. The van der Waals surface area contributed by atoms with Gasteiger partial charge in [-0.05, 0) is 25.0 Å². The molecule has 0 saturated carbocycles. The van der Waals surface area contributed by atoms with E-state index in [2.05, 4.69) is 22.6 Å². The van der Waals surface area contributed by atoms with Crippen molar-refractivity contribution in [3.8, 4) is 17.3 Å². The van der Waals surface area contributed by atoms with Crippen molar-refractivity contribution in [3.05, 3.63) is 74.4 Å². The van der Waals surface area contributed by atoms with Crippen LogP contribution in [0.2, 0.25) is 10.0 Å². The average molecular weight is 673 g/mol. The molecule has 2 aliphatic rings. The zero-order valence-electron chi connectivity index (χ0n) is 25.4. The normalized spacial score (nSPS) is 19.8. The molecule has 1 aromatic carbocycles. The summed E-state index contributed by atoms with van der Waals surface area (Å²) in [6.45, 7) is 11.8. The van der Waals surface area contributed by atoms with E-state index in [4.69, 9.17) is 28.9 Å². The van der Waals surface area contributed by atoms with E-state index in [0.717, 1.165) is 0 Å². The number of aromatic nitrogens is 2. The van der Waals surface area contributed by atoms with E-state index in [1.165, 1.54) is 16.7 Å². The fourth-order valence-corrected chi connectivity index (χ4v) is 6.64. The van der Waals surface area contributed by atoms with Gasteiger partial charge in [0.25, 0.3) is 5.56 Å². The van der Waals surface area contributed by atoms with Crippen molar-refractivity contribution >= 4 is 57.2 Å². The molecule has 2 aliphatic heterocycles. The monoisotopic (exact) mass is 671 g/mol. The molecule has 1 fully saturated rings. The maximum absolute atomic E-state index is 15.4. The Kier molecular flexibility index (Phi) is 8.94. The standard InChI is InChI=1S/C32H30Cl2F3N7O2/c1-6-20(45)43-10-9-42(13-16(43)5)30-17-11-19(33)28(21-23(35)24(36)22(34)25(37)26(21)39)41-31(17)44(32(46)18(30)12-38)29-15(4)7-8-40-27(29)14(2)3/h6-8,11,14-16,29H,1,9-10,13,39H2,2-5H3/t15?,16-,29?/m1/s1. The lowest BCUT2D eigenvalue weighted by Crippen LogP contribution is -2.54. The van der Waals surface area contributed by atoms with E-state index in [9.17, 15) is 23.6 Å². The lowest BCUT2D eigenvalue weighted by atomic mass is 9.88. The SMILES string of the molecule is C=CC(=O)N1CCN(c2c(C#N)c(=O)n(C3C(C(C)C)=NC=CC3C)c3nc(-c4c(N)c(F)c(Cl)c(F)c4F)c(Cl)cc23)C[C@H]1C. The number of nitrogens with zero attached hydrogens (tertiary/aromatic N) is 6. The first-order valence-electron chi connectivity index (χ1n) is 14.5. The summed E-state index contributed by atoms with van der Waals surface area (Å²) in [6.07, 6.45) is 4.65. The highest BCUT2D eigenvalue weighted by atomic mass is 35.5. The van der Waals surface area contributed by atoms with Gasteiger partial charge in [-0.15, -0.1) is 0 Å². The molecular weight excluding hydrogens is 642 g/mol. The highest BCUT2D eigenvalue weighted by molar-refractivity contribution is 6.34. The Morgan fingerprint density at radius 1 is 1.20 bits per heavy atom. The van der Waals surface area contributed by atoms with Gasteiger partial charge in [0.05, 0.1) is 33.7 Å². The zero-order chi connectivity index (χ0) is 33.8. The summed E-state index contributed by atoms with van der Waals surface area (Å²) in [4.78, 5) is 39.4. The van der Waals surface area contributed by atoms with Crippen molar-refractivity contribution in [1.29, 1.82) is 5.26 Å². The van der Waals surface area contributed by atoms with Gasteiger partial charge in [0.15, 0.2) is 17.5 Å². The Morgan fingerprint density at radius 3 is 2.50 bits per heavy atom. The summed E-state index contributed by atoms with van der Waals surface area (Å²) in [6, 6.07) is 2.37. The second-order valence-electron chi connectivity index (χ2n) is 11.6. The van der Waals surface area contributed by atoms with E-state index in [1.54, 1.807) is 22.1 Å². The lowest BCUT2D eigenvalue weighted by molar-refractivity contribution is -0.128. The predicted molar refractivity (Wildman–Crippen MR) is 174 cm³/mol. The van der Waals surface area contributed by atoms with Gasteiger partial charge in [-0.1, -0.05) is 56.6 Å². The third-order valence-electron chi connectivity index (χ3n) is 8.45.